The molecule has 0 bridgehead atoms. The zero-order valence-electron chi connectivity index (χ0n) is 10.2. The summed E-state index contributed by atoms with van der Waals surface area (Å²) in [5, 5.41) is 15.3. The van der Waals surface area contributed by atoms with E-state index >= 15 is 0 Å². The summed E-state index contributed by atoms with van der Waals surface area (Å²) in [5.41, 5.74) is 0.269. The van der Waals surface area contributed by atoms with Crippen LogP contribution in [-0.4, -0.2) is 16.6 Å². The van der Waals surface area contributed by atoms with Gasteiger partial charge in [-0.3, -0.25) is 0 Å². The molecule has 0 radical (unpaired) electrons. The molecule has 2 rings (SSSR count). The normalized spacial score (nSPS) is 9.42. The first-order valence-electron chi connectivity index (χ1n) is 4.64. The van der Waals surface area contributed by atoms with Crippen LogP contribution in [0.1, 0.15) is 16.1 Å². The van der Waals surface area contributed by atoms with E-state index in [1.165, 1.54) is 6.92 Å². The number of hydrogen-bond donors (Lipinski definition) is 0. The Morgan fingerprint density at radius 2 is 1.84 bits per heavy atom. The van der Waals surface area contributed by atoms with Crippen LogP contribution in [0.25, 0.3) is 11.3 Å². The number of nitrogens with zero attached hydrogens (tertiary/aromatic N) is 1. The van der Waals surface area contributed by atoms with Gasteiger partial charge in [-0.15, -0.1) is 0 Å². The van der Waals surface area contributed by atoms with E-state index in [9.17, 15) is 9.90 Å². The summed E-state index contributed by atoms with van der Waals surface area (Å²) in [5.74, 6) is -1.23. The average Bonchev–Trinajstić information content (AvgIpc) is 2.60. The van der Waals surface area contributed by atoms with E-state index < -0.39 is 5.97 Å². The number of carbonyl (C=O) groups is 1. The third-order valence-electron chi connectivity index (χ3n) is 2.27. The summed E-state index contributed by atoms with van der Waals surface area (Å²) < 4.78 is 4.83. The molecule has 0 fully saturated rings. The molecule has 2 aromatic rings. The molecule has 0 amide bonds. The van der Waals surface area contributed by atoms with Crippen LogP contribution in [0.3, 0.4) is 0 Å². The maximum Gasteiger partial charge on any atom is 1.00 e. The van der Waals surface area contributed by atoms with Crippen LogP contribution in [0.4, 0.5) is 0 Å². The number of hydrogen-bond acceptors (Lipinski definition) is 4. The zero-order valence-corrected chi connectivity index (χ0v) is 13.7. The average molecular weight is 312 g/mol. The predicted octanol–water partition coefficient (Wildman–Crippen LogP) is -1.50. The molecular weight excluding hydrogens is 304 g/mol. The summed E-state index contributed by atoms with van der Waals surface area (Å²) in [4.78, 5) is 11.0. The number of carboxylic acids is 1. The monoisotopic (exact) mass is 311 g/mol. The van der Waals surface area contributed by atoms with E-state index in [4.69, 9.17) is 27.7 Å². The molecule has 0 aliphatic carbocycles. The number of carboxylic acid groups (broad SMARTS) is 1. The number of carbonyl (C=O) groups excluding carboxylic acids is 1. The van der Waals surface area contributed by atoms with Crippen LogP contribution < -0.4 is 34.7 Å². The molecular formula is C11H8Cl2NNaO4. The molecule has 5 nitrogen and oxygen atoms in total. The molecule has 8 heteroatoms. The van der Waals surface area contributed by atoms with Crippen molar-refractivity contribution in [2.75, 3.05) is 0 Å². The van der Waals surface area contributed by atoms with Crippen molar-refractivity contribution in [2.45, 2.75) is 6.92 Å². The molecule has 1 aromatic heterocycles. The Labute approximate surface area is 141 Å². The van der Waals surface area contributed by atoms with Gasteiger partial charge in [-0.05, 0) is 19.1 Å². The van der Waals surface area contributed by atoms with E-state index in [0.717, 1.165) is 0 Å². The second-order valence-corrected chi connectivity index (χ2v) is 4.16. The third kappa shape index (κ3) is 3.51. The quantitative estimate of drug-likeness (QED) is 0.630. The number of aryl methyl sites for hydroxylation is 1. The Kier molecular flexibility index (Phi) is 7.07. The second-order valence-electron chi connectivity index (χ2n) is 3.35. The molecule has 1 aromatic carbocycles. The molecule has 0 saturated heterocycles. The first-order valence-corrected chi connectivity index (χ1v) is 5.40. The van der Waals surface area contributed by atoms with Gasteiger partial charge in [0.25, 0.3) is 0 Å². The number of rotatable bonds is 2. The summed E-state index contributed by atoms with van der Waals surface area (Å²) in [6.07, 6.45) is 0. The topological polar surface area (TPSA) is 97.7 Å². The molecule has 0 saturated carbocycles. The standard InChI is InChI=1S/C11H7Cl2NO3.Na.H2O/c1-5-8(11(15)16)10(14-17-5)9-6(12)3-2-4-7(9)13;;/h2-4H,1H3,(H,15,16);;1H2/q;+1;/p-1. The number of halogens is 2. The molecule has 0 atom stereocenters. The molecule has 1 heterocycles. The Balaban J connectivity index is 0.00000162. The zero-order chi connectivity index (χ0) is 12.6. The van der Waals surface area contributed by atoms with E-state index in [2.05, 4.69) is 5.16 Å². The SMILES string of the molecule is Cc1onc(-c2c(Cl)cccc2Cl)c1C(=O)[O-].O.[Na+]. The minimum absolute atomic E-state index is 0. The number of aromatic nitrogens is 1. The predicted molar refractivity (Wildman–Crippen MR) is 64.6 cm³/mol. The van der Waals surface area contributed by atoms with E-state index in [1.807, 2.05) is 0 Å². The fraction of sp³-hybridized carbons (Fsp3) is 0.0909. The van der Waals surface area contributed by atoms with Crippen molar-refractivity contribution in [3.8, 4) is 11.3 Å². The van der Waals surface area contributed by atoms with E-state index in [0.29, 0.717) is 15.6 Å². The third-order valence-corrected chi connectivity index (χ3v) is 2.90. The number of aromatic carboxylic acids is 1. The molecule has 0 aliphatic heterocycles. The molecule has 0 unspecified atom stereocenters. The van der Waals surface area contributed by atoms with Gasteiger partial charge in [0.15, 0.2) is 0 Å². The van der Waals surface area contributed by atoms with Crippen molar-refractivity contribution in [3.05, 3.63) is 39.6 Å². The van der Waals surface area contributed by atoms with Gasteiger partial charge in [0.1, 0.15) is 11.5 Å². The van der Waals surface area contributed by atoms with Crippen molar-refractivity contribution in [3.63, 3.8) is 0 Å². The van der Waals surface area contributed by atoms with Gasteiger partial charge < -0.3 is 19.9 Å². The van der Waals surface area contributed by atoms with Gasteiger partial charge in [0.2, 0.25) is 0 Å². The minimum Gasteiger partial charge on any atom is -0.545 e. The van der Waals surface area contributed by atoms with Crippen molar-refractivity contribution >= 4 is 29.2 Å². The van der Waals surface area contributed by atoms with Crippen molar-refractivity contribution in [1.82, 2.24) is 5.16 Å². The van der Waals surface area contributed by atoms with E-state index in [1.54, 1.807) is 18.2 Å². The summed E-state index contributed by atoms with van der Waals surface area (Å²) in [7, 11) is 0. The van der Waals surface area contributed by atoms with Gasteiger partial charge in [0.05, 0.1) is 21.6 Å². The van der Waals surface area contributed by atoms with Crippen LogP contribution in [0.15, 0.2) is 22.7 Å². The van der Waals surface area contributed by atoms with Gasteiger partial charge in [0, 0.05) is 5.56 Å². The van der Waals surface area contributed by atoms with Gasteiger partial charge in [-0.2, -0.15) is 0 Å². The van der Waals surface area contributed by atoms with Crippen LogP contribution in [-0.2, 0) is 0 Å². The number of benzene rings is 1. The van der Waals surface area contributed by atoms with E-state index in [-0.39, 0.29) is 52.1 Å². The maximum atomic E-state index is 11.0. The molecule has 96 valence electrons. The van der Waals surface area contributed by atoms with Gasteiger partial charge >= 0.3 is 29.6 Å². The van der Waals surface area contributed by atoms with Crippen molar-refractivity contribution in [1.29, 1.82) is 0 Å². The Bertz CT molecular complexity index is 580. The van der Waals surface area contributed by atoms with Crippen LogP contribution in [0.5, 0.6) is 0 Å². The molecule has 19 heavy (non-hydrogen) atoms. The molecule has 0 aliphatic rings. The van der Waals surface area contributed by atoms with Gasteiger partial charge in [-0.1, -0.05) is 34.4 Å². The largest absolute Gasteiger partial charge is 1.00 e. The van der Waals surface area contributed by atoms with Crippen LogP contribution in [0, 0.1) is 6.92 Å². The molecule has 0 spiro atoms. The molecule has 2 N–H and O–H groups in total. The van der Waals surface area contributed by atoms with Crippen LogP contribution in [0.2, 0.25) is 10.0 Å². The van der Waals surface area contributed by atoms with Crippen molar-refractivity contribution < 1.29 is 49.5 Å². The van der Waals surface area contributed by atoms with Crippen molar-refractivity contribution in [2.24, 2.45) is 0 Å². The fourth-order valence-corrected chi connectivity index (χ4v) is 2.08. The minimum atomic E-state index is -1.38. The summed E-state index contributed by atoms with van der Waals surface area (Å²) in [6, 6.07) is 4.83. The smallest absolute Gasteiger partial charge is 0.545 e. The van der Waals surface area contributed by atoms with Gasteiger partial charge in [-0.25, -0.2) is 0 Å². The fourth-order valence-electron chi connectivity index (χ4n) is 1.51. The first-order chi connectivity index (χ1) is 8.02. The van der Waals surface area contributed by atoms with Crippen LogP contribution >= 0.6 is 23.2 Å². The second kappa shape index (κ2) is 7.28. The summed E-state index contributed by atoms with van der Waals surface area (Å²) in [6.45, 7) is 1.48. The Morgan fingerprint density at radius 1 is 1.32 bits per heavy atom. The Hall–Kier alpha value is -0.560. The maximum absolute atomic E-state index is 11.0. The summed E-state index contributed by atoms with van der Waals surface area (Å²) >= 11 is 11.9. The Morgan fingerprint density at radius 3 is 2.32 bits per heavy atom. The first kappa shape index (κ1) is 18.4.